The predicted molar refractivity (Wildman–Crippen MR) is 46.2 cm³/mol. The van der Waals surface area contributed by atoms with E-state index in [0.717, 1.165) is 12.1 Å². The number of nitrogens with zero attached hydrogens (tertiary/aromatic N) is 1. The molecule has 1 aromatic heterocycles. The molecular weight excluding hydrogens is 190 g/mol. The topological polar surface area (TPSA) is 12.9 Å². The molecular formula is C8H10BrN. The van der Waals surface area contributed by atoms with Crippen molar-refractivity contribution in [3.8, 4) is 0 Å². The second kappa shape index (κ2) is 3.71. The average Bonchev–Trinajstić information content (AvgIpc) is 2.05. The summed E-state index contributed by atoms with van der Waals surface area (Å²) in [6, 6.07) is 5.97. The molecule has 0 aliphatic rings. The smallest absolute Gasteiger partial charge is 0.0565 e. The van der Waals surface area contributed by atoms with Gasteiger partial charge in [0.2, 0.25) is 0 Å². The highest BCUT2D eigenvalue weighted by molar-refractivity contribution is 9.09. The van der Waals surface area contributed by atoms with Gasteiger partial charge >= 0.3 is 0 Å². The van der Waals surface area contributed by atoms with Gasteiger partial charge in [-0.3, -0.25) is 4.98 Å². The number of aromatic nitrogens is 1. The molecule has 0 saturated heterocycles. The van der Waals surface area contributed by atoms with Crippen molar-refractivity contribution >= 4 is 15.9 Å². The second-order valence-corrected chi connectivity index (χ2v) is 3.24. The summed E-state index contributed by atoms with van der Waals surface area (Å²) in [7, 11) is 0. The van der Waals surface area contributed by atoms with Gasteiger partial charge in [-0.1, -0.05) is 28.9 Å². The molecule has 1 aromatic rings. The van der Waals surface area contributed by atoms with Gasteiger partial charge in [0.05, 0.1) is 10.5 Å². The number of halogens is 1. The van der Waals surface area contributed by atoms with Gasteiger partial charge in [0.25, 0.3) is 0 Å². The fourth-order valence-corrected chi connectivity index (χ4v) is 1.04. The Morgan fingerprint density at radius 3 is 2.90 bits per heavy atom. The molecule has 0 amide bonds. The van der Waals surface area contributed by atoms with E-state index in [4.69, 9.17) is 0 Å². The second-order valence-electron chi connectivity index (χ2n) is 2.13. The van der Waals surface area contributed by atoms with Crippen LogP contribution in [0.4, 0.5) is 0 Å². The molecule has 0 spiro atoms. The lowest BCUT2D eigenvalue weighted by Gasteiger charge is -2.03. The van der Waals surface area contributed by atoms with Crippen molar-refractivity contribution in [1.82, 2.24) is 4.98 Å². The van der Waals surface area contributed by atoms with Crippen LogP contribution in [0.25, 0.3) is 0 Å². The van der Waals surface area contributed by atoms with Gasteiger partial charge in [-0.2, -0.15) is 0 Å². The standard InChI is InChI=1S/C8H10BrN/c1-2-7(9)8-5-3-4-6-10-8/h3-7H,2H2,1H3/t7-/m1/s1. The molecule has 1 atom stereocenters. The van der Waals surface area contributed by atoms with E-state index in [1.54, 1.807) is 0 Å². The molecule has 10 heavy (non-hydrogen) atoms. The molecule has 0 fully saturated rings. The maximum atomic E-state index is 4.20. The summed E-state index contributed by atoms with van der Waals surface area (Å²) < 4.78 is 0. The molecule has 0 saturated carbocycles. The molecule has 2 heteroatoms. The maximum Gasteiger partial charge on any atom is 0.0565 e. The minimum atomic E-state index is 0.411. The van der Waals surface area contributed by atoms with Crippen LogP contribution in [0.5, 0.6) is 0 Å². The number of rotatable bonds is 2. The maximum absolute atomic E-state index is 4.20. The number of pyridine rings is 1. The summed E-state index contributed by atoms with van der Waals surface area (Å²) in [4.78, 5) is 4.61. The summed E-state index contributed by atoms with van der Waals surface area (Å²) in [6.07, 6.45) is 2.90. The zero-order chi connectivity index (χ0) is 7.40. The Kier molecular flexibility index (Phi) is 2.87. The highest BCUT2D eigenvalue weighted by atomic mass is 79.9. The molecule has 1 nitrogen and oxygen atoms in total. The third-order valence-corrected chi connectivity index (χ3v) is 2.48. The monoisotopic (exact) mass is 199 g/mol. The fourth-order valence-electron chi connectivity index (χ4n) is 0.770. The number of alkyl halides is 1. The van der Waals surface area contributed by atoms with Crippen LogP contribution in [0.15, 0.2) is 24.4 Å². The molecule has 0 unspecified atom stereocenters. The SMILES string of the molecule is CC[C@@H](Br)c1ccccn1. The van der Waals surface area contributed by atoms with Crippen molar-refractivity contribution in [3.05, 3.63) is 30.1 Å². The highest BCUT2D eigenvalue weighted by Gasteiger charge is 2.02. The van der Waals surface area contributed by atoms with Gasteiger partial charge in [-0.05, 0) is 18.6 Å². The molecule has 1 rings (SSSR count). The van der Waals surface area contributed by atoms with Crippen LogP contribution in [0.3, 0.4) is 0 Å². The molecule has 0 aromatic carbocycles. The Balaban J connectivity index is 2.75. The minimum absolute atomic E-state index is 0.411. The first-order valence-corrected chi connectivity index (χ1v) is 4.31. The van der Waals surface area contributed by atoms with Crippen LogP contribution in [-0.4, -0.2) is 4.98 Å². The number of hydrogen-bond donors (Lipinski definition) is 0. The van der Waals surface area contributed by atoms with Crippen molar-refractivity contribution < 1.29 is 0 Å². The number of hydrogen-bond acceptors (Lipinski definition) is 1. The first-order chi connectivity index (χ1) is 4.84. The Morgan fingerprint density at radius 2 is 2.40 bits per heavy atom. The van der Waals surface area contributed by atoms with Crippen molar-refractivity contribution in [3.63, 3.8) is 0 Å². The Morgan fingerprint density at radius 1 is 1.60 bits per heavy atom. The fraction of sp³-hybridized carbons (Fsp3) is 0.375. The minimum Gasteiger partial charge on any atom is -0.260 e. The Labute approximate surface area is 69.6 Å². The van der Waals surface area contributed by atoms with Gasteiger partial charge in [-0.25, -0.2) is 0 Å². The molecule has 1 heterocycles. The summed E-state index contributed by atoms with van der Waals surface area (Å²) in [5, 5.41) is 0. The first-order valence-electron chi connectivity index (χ1n) is 3.39. The van der Waals surface area contributed by atoms with E-state index >= 15 is 0 Å². The van der Waals surface area contributed by atoms with Crippen LogP contribution in [-0.2, 0) is 0 Å². The van der Waals surface area contributed by atoms with Crippen LogP contribution in [0, 0.1) is 0 Å². The van der Waals surface area contributed by atoms with E-state index in [1.165, 1.54) is 0 Å². The normalized spacial score (nSPS) is 13.0. The first kappa shape index (κ1) is 7.73. The third-order valence-electron chi connectivity index (χ3n) is 1.37. The van der Waals surface area contributed by atoms with Crippen molar-refractivity contribution in [1.29, 1.82) is 0 Å². The van der Waals surface area contributed by atoms with Crippen LogP contribution in [0.2, 0.25) is 0 Å². The van der Waals surface area contributed by atoms with E-state index < -0.39 is 0 Å². The molecule has 0 aliphatic heterocycles. The summed E-state index contributed by atoms with van der Waals surface area (Å²) in [6.45, 7) is 2.13. The van der Waals surface area contributed by atoms with Crippen LogP contribution < -0.4 is 0 Å². The van der Waals surface area contributed by atoms with E-state index in [1.807, 2.05) is 24.4 Å². The van der Waals surface area contributed by atoms with Crippen LogP contribution in [0.1, 0.15) is 23.9 Å². The van der Waals surface area contributed by atoms with Crippen molar-refractivity contribution in [2.45, 2.75) is 18.2 Å². The molecule has 0 aliphatic carbocycles. The Bertz CT molecular complexity index is 186. The molecule has 0 N–H and O–H groups in total. The zero-order valence-electron chi connectivity index (χ0n) is 5.92. The molecule has 54 valence electrons. The lowest BCUT2D eigenvalue weighted by atomic mass is 10.2. The van der Waals surface area contributed by atoms with E-state index in [2.05, 4.69) is 27.8 Å². The van der Waals surface area contributed by atoms with Gasteiger partial charge in [0.1, 0.15) is 0 Å². The van der Waals surface area contributed by atoms with Gasteiger partial charge in [0, 0.05) is 6.20 Å². The van der Waals surface area contributed by atoms with Crippen molar-refractivity contribution in [2.24, 2.45) is 0 Å². The lowest BCUT2D eigenvalue weighted by Crippen LogP contribution is -1.89. The highest BCUT2D eigenvalue weighted by Crippen LogP contribution is 2.22. The summed E-state index contributed by atoms with van der Waals surface area (Å²) in [5.41, 5.74) is 1.12. The van der Waals surface area contributed by atoms with Gasteiger partial charge in [0.15, 0.2) is 0 Å². The molecule has 0 bridgehead atoms. The summed E-state index contributed by atoms with van der Waals surface area (Å²) in [5.74, 6) is 0. The lowest BCUT2D eigenvalue weighted by molar-refractivity contribution is 0.873. The predicted octanol–water partition coefficient (Wildman–Crippen LogP) is 2.93. The quantitative estimate of drug-likeness (QED) is 0.668. The van der Waals surface area contributed by atoms with Gasteiger partial charge in [-0.15, -0.1) is 0 Å². The third kappa shape index (κ3) is 1.81. The van der Waals surface area contributed by atoms with Crippen molar-refractivity contribution in [2.75, 3.05) is 0 Å². The van der Waals surface area contributed by atoms with E-state index in [9.17, 15) is 0 Å². The van der Waals surface area contributed by atoms with Crippen LogP contribution >= 0.6 is 15.9 Å². The van der Waals surface area contributed by atoms with Gasteiger partial charge < -0.3 is 0 Å². The zero-order valence-corrected chi connectivity index (χ0v) is 7.51. The largest absolute Gasteiger partial charge is 0.260 e. The van der Waals surface area contributed by atoms with E-state index in [0.29, 0.717) is 4.83 Å². The average molecular weight is 200 g/mol. The van der Waals surface area contributed by atoms with E-state index in [-0.39, 0.29) is 0 Å². The summed E-state index contributed by atoms with van der Waals surface area (Å²) >= 11 is 3.52. The molecule has 0 radical (unpaired) electrons. The Hall–Kier alpha value is -0.370.